The molecule has 10 heavy (non-hydrogen) atoms. The summed E-state index contributed by atoms with van der Waals surface area (Å²) in [4.78, 5) is 0. The van der Waals surface area contributed by atoms with Crippen LogP contribution in [-0.2, 0) is 9.47 Å². The maximum atomic E-state index is 4.87. The lowest BCUT2D eigenvalue weighted by Gasteiger charge is -2.04. The van der Waals surface area contributed by atoms with Gasteiger partial charge in [-0.25, -0.2) is 0 Å². The molecule has 0 fully saturated rings. The molecule has 2 nitrogen and oxygen atoms in total. The van der Waals surface area contributed by atoms with Crippen LogP contribution in [-0.4, -0.2) is 13.2 Å². The van der Waals surface area contributed by atoms with Crippen molar-refractivity contribution in [3.05, 3.63) is 12.5 Å². The molecule has 0 aliphatic rings. The predicted molar refractivity (Wildman–Crippen MR) is 46.9 cm³/mol. The fourth-order valence-corrected chi connectivity index (χ4v) is 0.364. The van der Waals surface area contributed by atoms with Gasteiger partial charge in [-0.15, -0.1) is 24.8 Å². The lowest BCUT2D eigenvalue weighted by atomic mass is 10.8. The molecule has 0 aliphatic heterocycles. The van der Waals surface area contributed by atoms with E-state index < -0.39 is 0 Å². The highest BCUT2D eigenvalue weighted by atomic mass is 35.5. The van der Waals surface area contributed by atoms with Crippen LogP contribution < -0.4 is 0 Å². The van der Waals surface area contributed by atoms with Crippen LogP contribution in [0, 0.1) is 0 Å². The summed E-state index contributed by atoms with van der Waals surface area (Å²) in [6, 6.07) is 0. The molecule has 0 saturated heterocycles. The van der Waals surface area contributed by atoms with Crippen molar-refractivity contribution < 1.29 is 9.47 Å². The standard InChI is InChI=1S/C6H12O2.2ClH/c1-4-7-6(3)8-5-2;;/h3-5H2,1-2H3;2*1H. The topological polar surface area (TPSA) is 18.5 Å². The van der Waals surface area contributed by atoms with Crippen molar-refractivity contribution in [2.24, 2.45) is 0 Å². The largest absolute Gasteiger partial charge is 0.466 e. The molecule has 0 aromatic heterocycles. The third-order valence-electron chi connectivity index (χ3n) is 0.611. The molecule has 4 heteroatoms. The van der Waals surface area contributed by atoms with Crippen LogP contribution in [0.5, 0.6) is 0 Å². The fraction of sp³-hybridized carbons (Fsp3) is 0.667. The highest BCUT2D eigenvalue weighted by molar-refractivity contribution is 5.85. The highest BCUT2D eigenvalue weighted by Crippen LogP contribution is 1.92. The quantitative estimate of drug-likeness (QED) is 0.632. The molecule has 0 aromatic rings. The van der Waals surface area contributed by atoms with Crippen molar-refractivity contribution in [1.29, 1.82) is 0 Å². The molecule has 0 spiro atoms. The zero-order valence-electron chi connectivity index (χ0n) is 6.25. The zero-order chi connectivity index (χ0) is 6.41. The van der Waals surface area contributed by atoms with Crippen molar-refractivity contribution in [2.75, 3.05) is 13.2 Å². The smallest absolute Gasteiger partial charge is 0.271 e. The molecular formula is C6H14Cl2O2. The maximum absolute atomic E-state index is 4.87. The number of rotatable bonds is 4. The van der Waals surface area contributed by atoms with Gasteiger partial charge in [0.1, 0.15) is 0 Å². The van der Waals surface area contributed by atoms with E-state index in [1.165, 1.54) is 0 Å². The first-order chi connectivity index (χ1) is 3.81. The Morgan fingerprint density at radius 2 is 1.40 bits per heavy atom. The van der Waals surface area contributed by atoms with Gasteiger partial charge in [0, 0.05) is 0 Å². The van der Waals surface area contributed by atoms with E-state index in [1.54, 1.807) is 0 Å². The van der Waals surface area contributed by atoms with Crippen molar-refractivity contribution >= 4 is 24.8 Å². The Morgan fingerprint density at radius 3 is 1.60 bits per heavy atom. The van der Waals surface area contributed by atoms with Gasteiger partial charge in [-0.3, -0.25) is 0 Å². The van der Waals surface area contributed by atoms with E-state index >= 15 is 0 Å². The summed E-state index contributed by atoms with van der Waals surface area (Å²) in [7, 11) is 0. The lowest BCUT2D eigenvalue weighted by Crippen LogP contribution is -1.94. The van der Waals surface area contributed by atoms with Gasteiger partial charge < -0.3 is 9.47 Å². The Labute approximate surface area is 74.4 Å². The average Bonchev–Trinajstić information content (AvgIpc) is 1.68. The minimum absolute atomic E-state index is 0. The Hall–Kier alpha value is -0.0800. The zero-order valence-corrected chi connectivity index (χ0v) is 7.89. The molecule has 0 heterocycles. The third-order valence-corrected chi connectivity index (χ3v) is 0.611. The number of halogens is 2. The van der Waals surface area contributed by atoms with E-state index in [-0.39, 0.29) is 24.8 Å². The molecular weight excluding hydrogens is 175 g/mol. The third kappa shape index (κ3) is 10.8. The Balaban J connectivity index is -0.000000245. The molecule has 0 atom stereocenters. The monoisotopic (exact) mass is 188 g/mol. The Bertz CT molecular complexity index is 68.1. The summed E-state index contributed by atoms with van der Waals surface area (Å²) in [5.74, 6) is 0.412. The number of hydrogen-bond acceptors (Lipinski definition) is 2. The van der Waals surface area contributed by atoms with E-state index in [9.17, 15) is 0 Å². The number of hydrogen-bond donors (Lipinski definition) is 0. The van der Waals surface area contributed by atoms with Gasteiger partial charge in [0.2, 0.25) is 0 Å². The van der Waals surface area contributed by atoms with Crippen LogP contribution in [0.3, 0.4) is 0 Å². The fourth-order valence-electron chi connectivity index (χ4n) is 0.364. The van der Waals surface area contributed by atoms with E-state index in [2.05, 4.69) is 6.58 Å². The van der Waals surface area contributed by atoms with Crippen LogP contribution in [0.1, 0.15) is 13.8 Å². The summed E-state index contributed by atoms with van der Waals surface area (Å²) >= 11 is 0. The Kier molecular flexibility index (Phi) is 19.3. The first-order valence-electron chi connectivity index (χ1n) is 2.75. The van der Waals surface area contributed by atoms with Crippen LogP contribution in [0.15, 0.2) is 12.5 Å². The van der Waals surface area contributed by atoms with Crippen molar-refractivity contribution in [3.8, 4) is 0 Å². The van der Waals surface area contributed by atoms with Gasteiger partial charge in [-0.1, -0.05) is 0 Å². The minimum atomic E-state index is 0. The molecule has 0 radical (unpaired) electrons. The van der Waals surface area contributed by atoms with Crippen LogP contribution in [0.2, 0.25) is 0 Å². The van der Waals surface area contributed by atoms with Crippen molar-refractivity contribution in [1.82, 2.24) is 0 Å². The second-order valence-electron chi connectivity index (χ2n) is 1.24. The van der Waals surface area contributed by atoms with Crippen molar-refractivity contribution in [2.45, 2.75) is 13.8 Å². The van der Waals surface area contributed by atoms with Gasteiger partial charge in [-0.05, 0) is 20.4 Å². The van der Waals surface area contributed by atoms with E-state index in [0.29, 0.717) is 19.2 Å². The number of ether oxygens (including phenoxy) is 2. The van der Waals surface area contributed by atoms with Crippen molar-refractivity contribution in [3.63, 3.8) is 0 Å². The van der Waals surface area contributed by atoms with E-state index in [0.717, 1.165) is 0 Å². The van der Waals surface area contributed by atoms with Gasteiger partial charge in [-0.2, -0.15) is 0 Å². The van der Waals surface area contributed by atoms with Crippen LogP contribution >= 0.6 is 24.8 Å². The molecule has 0 unspecified atom stereocenters. The highest BCUT2D eigenvalue weighted by Gasteiger charge is 1.86. The normalized spacial score (nSPS) is 6.60. The lowest BCUT2D eigenvalue weighted by molar-refractivity contribution is 0.0486. The van der Waals surface area contributed by atoms with Crippen LogP contribution in [0.25, 0.3) is 0 Å². The Morgan fingerprint density at radius 1 is 1.10 bits per heavy atom. The SMILES string of the molecule is C=C(OCC)OCC.Cl.Cl. The van der Waals surface area contributed by atoms with Crippen LogP contribution in [0.4, 0.5) is 0 Å². The summed E-state index contributed by atoms with van der Waals surface area (Å²) in [6.45, 7) is 8.52. The predicted octanol–water partition coefficient (Wildman–Crippen LogP) is 2.37. The first kappa shape index (κ1) is 16.5. The summed E-state index contributed by atoms with van der Waals surface area (Å²) < 4.78 is 9.73. The second-order valence-corrected chi connectivity index (χ2v) is 1.24. The van der Waals surface area contributed by atoms with Gasteiger partial charge in [0.05, 0.1) is 13.2 Å². The minimum Gasteiger partial charge on any atom is -0.466 e. The summed E-state index contributed by atoms with van der Waals surface area (Å²) in [5, 5.41) is 0. The average molecular weight is 189 g/mol. The van der Waals surface area contributed by atoms with Gasteiger partial charge in [0.25, 0.3) is 5.95 Å². The molecule has 0 aromatic carbocycles. The summed E-state index contributed by atoms with van der Waals surface area (Å²) in [6.07, 6.45) is 0. The second kappa shape index (κ2) is 11.7. The molecule has 64 valence electrons. The first-order valence-corrected chi connectivity index (χ1v) is 2.75. The summed E-state index contributed by atoms with van der Waals surface area (Å²) in [5.41, 5.74) is 0. The van der Waals surface area contributed by atoms with E-state index in [1.807, 2.05) is 13.8 Å². The van der Waals surface area contributed by atoms with Gasteiger partial charge in [0.15, 0.2) is 0 Å². The molecule has 0 saturated carbocycles. The van der Waals surface area contributed by atoms with Gasteiger partial charge >= 0.3 is 0 Å². The molecule has 0 aliphatic carbocycles. The molecule has 0 N–H and O–H groups in total. The molecule has 0 bridgehead atoms. The maximum Gasteiger partial charge on any atom is 0.271 e. The molecule has 0 amide bonds. The van der Waals surface area contributed by atoms with E-state index in [4.69, 9.17) is 9.47 Å². The molecule has 0 rings (SSSR count).